The van der Waals surface area contributed by atoms with Crippen molar-refractivity contribution in [3.8, 4) is 6.07 Å². The summed E-state index contributed by atoms with van der Waals surface area (Å²) < 4.78 is 6.21. The lowest BCUT2D eigenvalue weighted by Gasteiger charge is -2.36. The Kier molecular flexibility index (Phi) is 5.20. The van der Waals surface area contributed by atoms with Crippen molar-refractivity contribution in [2.24, 2.45) is 0 Å². The molecule has 0 bridgehead atoms. The summed E-state index contributed by atoms with van der Waals surface area (Å²) in [6.07, 6.45) is 3.44. The average molecular weight is 341 g/mol. The first-order chi connectivity index (χ1) is 11.8. The van der Waals surface area contributed by atoms with Gasteiger partial charge in [-0.1, -0.05) is 12.1 Å². The smallest absolute Gasteiger partial charge is 0.0991 e. The van der Waals surface area contributed by atoms with Gasteiger partial charge in [0.2, 0.25) is 0 Å². The third-order valence-electron chi connectivity index (χ3n) is 5.59. The predicted octanol–water partition coefficient (Wildman–Crippen LogP) is 3.46. The van der Waals surface area contributed by atoms with Gasteiger partial charge in [0.1, 0.15) is 0 Å². The molecule has 1 atom stereocenters. The second-order valence-corrected chi connectivity index (χ2v) is 8.75. The number of nitrogens with zero attached hydrogens (tertiary/aromatic N) is 2. The Labute approximate surface area is 152 Å². The first kappa shape index (κ1) is 18.4. The fourth-order valence-electron chi connectivity index (χ4n) is 4.31. The largest absolute Gasteiger partial charge is 0.368 e. The fourth-order valence-corrected chi connectivity index (χ4v) is 4.31. The maximum atomic E-state index is 8.89. The molecule has 2 saturated heterocycles. The first-order valence-electron chi connectivity index (χ1n) is 9.45. The van der Waals surface area contributed by atoms with Gasteiger partial charge in [0.15, 0.2) is 0 Å². The van der Waals surface area contributed by atoms with Gasteiger partial charge in [-0.05, 0) is 77.7 Å². The van der Waals surface area contributed by atoms with Crippen molar-refractivity contribution in [3.05, 3.63) is 35.4 Å². The van der Waals surface area contributed by atoms with Crippen LogP contribution in [0.4, 0.5) is 0 Å². The van der Waals surface area contributed by atoms with E-state index < -0.39 is 0 Å². The van der Waals surface area contributed by atoms with Crippen LogP contribution in [0.15, 0.2) is 24.3 Å². The van der Waals surface area contributed by atoms with E-state index in [0.717, 1.165) is 31.6 Å². The van der Waals surface area contributed by atoms with E-state index in [1.54, 1.807) is 0 Å². The molecule has 2 aliphatic heterocycles. The summed E-state index contributed by atoms with van der Waals surface area (Å²) >= 11 is 0. The Morgan fingerprint density at radius 1 is 1.16 bits per heavy atom. The number of benzene rings is 1. The van der Waals surface area contributed by atoms with E-state index in [0.29, 0.717) is 12.1 Å². The molecule has 3 rings (SSSR count). The van der Waals surface area contributed by atoms with Gasteiger partial charge in [0, 0.05) is 18.6 Å². The molecule has 4 nitrogen and oxygen atoms in total. The minimum atomic E-state index is -0.0941. The van der Waals surface area contributed by atoms with Crippen LogP contribution in [-0.4, -0.2) is 41.3 Å². The number of nitrogens with one attached hydrogen (secondary N) is 1. The molecule has 0 aromatic heterocycles. The molecular weight excluding hydrogens is 310 g/mol. The molecule has 0 amide bonds. The summed E-state index contributed by atoms with van der Waals surface area (Å²) in [5, 5.41) is 12.8. The summed E-state index contributed by atoms with van der Waals surface area (Å²) in [5.41, 5.74) is 1.90. The zero-order chi connectivity index (χ0) is 18.1. The molecule has 136 valence electrons. The van der Waals surface area contributed by atoms with Gasteiger partial charge in [-0.2, -0.15) is 5.26 Å². The van der Waals surface area contributed by atoms with Gasteiger partial charge in [0.25, 0.3) is 0 Å². The van der Waals surface area contributed by atoms with Crippen LogP contribution in [0.5, 0.6) is 0 Å². The van der Waals surface area contributed by atoms with Crippen molar-refractivity contribution < 1.29 is 4.74 Å². The van der Waals surface area contributed by atoms with Crippen LogP contribution in [0.1, 0.15) is 58.1 Å². The topological polar surface area (TPSA) is 48.3 Å². The number of likely N-dealkylation sites (tertiary alicyclic amines) is 1. The Balaban J connectivity index is 1.48. The minimum Gasteiger partial charge on any atom is -0.368 e. The Morgan fingerprint density at radius 3 is 2.32 bits per heavy atom. The number of hydrogen-bond donors (Lipinski definition) is 1. The molecule has 0 aliphatic carbocycles. The van der Waals surface area contributed by atoms with Crippen molar-refractivity contribution in [1.82, 2.24) is 10.2 Å². The van der Waals surface area contributed by atoms with Gasteiger partial charge >= 0.3 is 0 Å². The summed E-state index contributed by atoms with van der Waals surface area (Å²) in [7, 11) is 0. The summed E-state index contributed by atoms with van der Waals surface area (Å²) in [5.74, 6) is 0. The summed E-state index contributed by atoms with van der Waals surface area (Å²) in [6.45, 7) is 12.0. The van der Waals surface area contributed by atoms with Gasteiger partial charge in [0.05, 0.1) is 22.8 Å². The molecule has 25 heavy (non-hydrogen) atoms. The average Bonchev–Trinajstić information content (AvgIpc) is 2.77. The third kappa shape index (κ3) is 4.61. The molecule has 2 heterocycles. The second-order valence-electron chi connectivity index (χ2n) is 8.75. The van der Waals surface area contributed by atoms with Gasteiger partial charge in [-0.25, -0.2) is 0 Å². The maximum Gasteiger partial charge on any atom is 0.0991 e. The Hall–Kier alpha value is -1.41. The van der Waals surface area contributed by atoms with Crippen molar-refractivity contribution in [2.45, 2.75) is 76.8 Å². The van der Waals surface area contributed by atoms with Crippen LogP contribution in [0.25, 0.3) is 0 Å². The normalized spacial score (nSPS) is 26.4. The highest BCUT2D eigenvalue weighted by Gasteiger charge is 2.46. The molecule has 0 spiro atoms. The van der Waals surface area contributed by atoms with E-state index in [1.165, 1.54) is 18.4 Å². The van der Waals surface area contributed by atoms with E-state index in [4.69, 9.17) is 10.00 Å². The van der Waals surface area contributed by atoms with E-state index in [-0.39, 0.29) is 11.2 Å². The van der Waals surface area contributed by atoms with Crippen LogP contribution < -0.4 is 5.32 Å². The Bertz CT molecular complexity index is 622. The molecule has 1 aromatic carbocycles. The van der Waals surface area contributed by atoms with Crippen molar-refractivity contribution >= 4 is 0 Å². The Morgan fingerprint density at radius 2 is 1.80 bits per heavy atom. The molecule has 2 fully saturated rings. The van der Waals surface area contributed by atoms with Crippen LogP contribution in [-0.2, 0) is 11.3 Å². The first-order valence-corrected chi connectivity index (χ1v) is 9.45. The van der Waals surface area contributed by atoms with Crippen molar-refractivity contribution in [3.63, 3.8) is 0 Å². The molecule has 1 N–H and O–H groups in total. The lowest BCUT2D eigenvalue weighted by molar-refractivity contribution is -0.0708. The molecule has 2 aliphatic rings. The van der Waals surface area contributed by atoms with Crippen LogP contribution in [0, 0.1) is 11.3 Å². The molecule has 0 saturated carbocycles. The number of hydrogen-bond acceptors (Lipinski definition) is 4. The highest BCUT2D eigenvalue weighted by molar-refractivity contribution is 5.31. The zero-order valence-electron chi connectivity index (χ0n) is 16.0. The van der Waals surface area contributed by atoms with Crippen LogP contribution in [0.3, 0.4) is 0 Å². The molecular formula is C21H31N3O. The van der Waals surface area contributed by atoms with Crippen LogP contribution >= 0.6 is 0 Å². The highest BCUT2D eigenvalue weighted by Crippen LogP contribution is 2.37. The standard InChI is InChI=1S/C21H31N3O/c1-20(2)13-19(21(3,4)25-20)23-18-9-11-24(12-10-18)15-17-7-5-16(14-22)6-8-17/h5-8,18-19,23H,9-13,15H2,1-4H3/t19-/m0/s1. The van der Waals surface area contributed by atoms with E-state index in [2.05, 4.69) is 56.1 Å². The summed E-state index contributed by atoms with van der Waals surface area (Å²) in [4.78, 5) is 2.51. The quantitative estimate of drug-likeness (QED) is 0.911. The van der Waals surface area contributed by atoms with Gasteiger partial charge in [-0.3, -0.25) is 4.90 Å². The number of nitriles is 1. The molecule has 0 radical (unpaired) electrons. The van der Waals surface area contributed by atoms with E-state index in [9.17, 15) is 0 Å². The van der Waals surface area contributed by atoms with Crippen molar-refractivity contribution in [2.75, 3.05) is 13.1 Å². The zero-order valence-corrected chi connectivity index (χ0v) is 16.0. The third-order valence-corrected chi connectivity index (χ3v) is 5.59. The number of piperidine rings is 1. The molecule has 1 aromatic rings. The summed E-state index contributed by atoms with van der Waals surface area (Å²) in [6, 6.07) is 11.2. The van der Waals surface area contributed by atoms with Gasteiger partial charge in [-0.15, -0.1) is 0 Å². The number of ether oxygens (including phenoxy) is 1. The number of rotatable bonds is 4. The molecule has 4 heteroatoms. The highest BCUT2D eigenvalue weighted by atomic mass is 16.5. The monoisotopic (exact) mass is 341 g/mol. The van der Waals surface area contributed by atoms with Gasteiger partial charge < -0.3 is 10.1 Å². The second kappa shape index (κ2) is 7.07. The fraction of sp³-hybridized carbons (Fsp3) is 0.667. The minimum absolute atomic E-state index is 0.0303. The SMILES string of the molecule is CC1(C)C[C@H](NC2CCN(Cc3ccc(C#N)cc3)CC2)C(C)(C)O1. The van der Waals surface area contributed by atoms with Crippen LogP contribution in [0.2, 0.25) is 0 Å². The lowest BCUT2D eigenvalue weighted by atomic mass is 9.92. The van der Waals surface area contributed by atoms with E-state index >= 15 is 0 Å². The van der Waals surface area contributed by atoms with E-state index in [1.807, 2.05) is 12.1 Å². The molecule has 0 unspecified atom stereocenters. The van der Waals surface area contributed by atoms with Crippen molar-refractivity contribution in [1.29, 1.82) is 5.26 Å². The predicted molar refractivity (Wildman–Crippen MR) is 100 cm³/mol. The lowest BCUT2D eigenvalue weighted by Crippen LogP contribution is -2.51. The maximum absolute atomic E-state index is 8.89.